The van der Waals surface area contributed by atoms with E-state index in [9.17, 15) is 4.79 Å². The van der Waals surface area contributed by atoms with Crippen molar-refractivity contribution in [2.75, 3.05) is 5.32 Å². The largest absolute Gasteiger partial charge is 0.459 e. The Kier molecular flexibility index (Phi) is 2.99. The summed E-state index contributed by atoms with van der Waals surface area (Å²) in [7, 11) is 0. The number of pyridine rings is 1. The van der Waals surface area contributed by atoms with E-state index in [1.165, 1.54) is 6.26 Å². The predicted octanol–water partition coefficient (Wildman–Crippen LogP) is 3.70. The number of hydrogen-bond acceptors (Lipinski definition) is 3. The molecule has 2 aromatic heterocycles. The molecule has 1 amide bonds. The second kappa shape index (κ2) is 4.81. The Labute approximate surface area is 116 Å². The lowest BCUT2D eigenvalue weighted by atomic mass is 10.1. The third-order valence-corrected chi connectivity index (χ3v) is 3.09. The number of aromatic nitrogens is 1. The van der Waals surface area contributed by atoms with Crippen LogP contribution >= 0.6 is 0 Å². The molecule has 2 heterocycles. The van der Waals surface area contributed by atoms with Crippen LogP contribution in [0.4, 0.5) is 5.69 Å². The average Bonchev–Trinajstić information content (AvgIpc) is 2.93. The first kappa shape index (κ1) is 12.4. The Morgan fingerprint density at radius 2 is 2.05 bits per heavy atom. The molecule has 0 radical (unpaired) electrons. The fraction of sp³-hybridized carbons (Fsp3) is 0.125. The Hall–Kier alpha value is -2.62. The fourth-order valence-electron chi connectivity index (χ4n) is 2.17. The number of aryl methyl sites for hydroxylation is 2. The molecule has 0 atom stereocenters. The van der Waals surface area contributed by atoms with Crippen LogP contribution in [0.1, 0.15) is 21.8 Å². The maximum Gasteiger partial charge on any atom is 0.291 e. The molecule has 0 fully saturated rings. The van der Waals surface area contributed by atoms with Gasteiger partial charge in [-0.25, -0.2) is 0 Å². The number of nitrogens with zero attached hydrogens (tertiary/aromatic N) is 1. The second-order valence-corrected chi connectivity index (χ2v) is 4.76. The summed E-state index contributed by atoms with van der Waals surface area (Å²) in [5.41, 5.74) is 3.59. The molecule has 4 nitrogen and oxygen atoms in total. The number of carbonyl (C=O) groups is 1. The van der Waals surface area contributed by atoms with Crippen molar-refractivity contribution in [1.29, 1.82) is 0 Å². The van der Waals surface area contributed by atoms with Crippen LogP contribution in [0, 0.1) is 13.8 Å². The molecule has 3 rings (SSSR count). The number of nitrogens with one attached hydrogen (secondary N) is 1. The molecule has 20 heavy (non-hydrogen) atoms. The highest BCUT2D eigenvalue weighted by Crippen LogP contribution is 2.24. The highest BCUT2D eigenvalue weighted by molar-refractivity contribution is 6.07. The smallest absolute Gasteiger partial charge is 0.291 e. The van der Waals surface area contributed by atoms with Gasteiger partial charge in [0, 0.05) is 11.1 Å². The summed E-state index contributed by atoms with van der Waals surface area (Å²) >= 11 is 0. The van der Waals surface area contributed by atoms with Crippen LogP contribution in [0.2, 0.25) is 0 Å². The lowest BCUT2D eigenvalue weighted by molar-refractivity contribution is 0.0997. The van der Waals surface area contributed by atoms with Crippen molar-refractivity contribution in [3.63, 3.8) is 0 Å². The molecule has 0 bridgehead atoms. The van der Waals surface area contributed by atoms with E-state index in [0.29, 0.717) is 5.76 Å². The first-order valence-corrected chi connectivity index (χ1v) is 6.36. The van der Waals surface area contributed by atoms with Gasteiger partial charge in [-0.1, -0.05) is 11.6 Å². The summed E-state index contributed by atoms with van der Waals surface area (Å²) in [4.78, 5) is 16.6. The van der Waals surface area contributed by atoms with Gasteiger partial charge in [-0.2, -0.15) is 0 Å². The normalized spacial score (nSPS) is 10.7. The number of carbonyl (C=O) groups excluding carboxylic acids is 1. The van der Waals surface area contributed by atoms with Gasteiger partial charge < -0.3 is 9.73 Å². The molecule has 0 aliphatic carbocycles. The first-order chi connectivity index (χ1) is 9.63. The minimum Gasteiger partial charge on any atom is -0.459 e. The maximum absolute atomic E-state index is 12.1. The zero-order valence-electron chi connectivity index (χ0n) is 11.3. The maximum atomic E-state index is 12.1. The third kappa shape index (κ3) is 2.28. The molecule has 1 N–H and O–H groups in total. The number of furan rings is 1. The van der Waals surface area contributed by atoms with Gasteiger partial charge in [0.2, 0.25) is 0 Å². The number of benzene rings is 1. The third-order valence-electron chi connectivity index (χ3n) is 3.09. The monoisotopic (exact) mass is 266 g/mol. The van der Waals surface area contributed by atoms with Gasteiger partial charge in [0.25, 0.3) is 5.91 Å². The van der Waals surface area contributed by atoms with Gasteiger partial charge in [-0.15, -0.1) is 0 Å². The Balaban J connectivity index is 2.06. The van der Waals surface area contributed by atoms with Crippen LogP contribution in [-0.2, 0) is 0 Å². The van der Waals surface area contributed by atoms with Crippen molar-refractivity contribution in [1.82, 2.24) is 4.98 Å². The Morgan fingerprint density at radius 1 is 1.20 bits per heavy atom. The van der Waals surface area contributed by atoms with Gasteiger partial charge in [-0.05, 0) is 44.2 Å². The Bertz CT molecular complexity index is 777. The molecule has 0 spiro atoms. The van der Waals surface area contributed by atoms with E-state index in [0.717, 1.165) is 27.8 Å². The SMILES string of the molecule is Cc1ccc2nc(C)cc(NC(=O)c3ccco3)c2c1. The molecule has 0 aliphatic rings. The van der Waals surface area contributed by atoms with Gasteiger partial charge in [-0.3, -0.25) is 9.78 Å². The molecule has 4 heteroatoms. The fourth-order valence-corrected chi connectivity index (χ4v) is 2.17. The molecule has 3 aromatic rings. The van der Waals surface area contributed by atoms with E-state index in [2.05, 4.69) is 10.3 Å². The van der Waals surface area contributed by atoms with Crippen molar-refractivity contribution < 1.29 is 9.21 Å². The van der Waals surface area contributed by atoms with Crippen LogP contribution < -0.4 is 5.32 Å². The van der Waals surface area contributed by atoms with Gasteiger partial charge in [0.1, 0.15) is 0 Å². The molecule has 0 saturated carbocycles. The minimum absolute atomic E-state index is 0.261. The molecular weight excluding hydrogens is 252 g/mol. The summed E-state index contributed by atoms with van der Waals surface area (Å²) in [6, 6.07) is 11.2. The molecule has 1 aromatic carbocycles. The van der Waals surface area contributed by atoms with E-state index < -0.39 is 0 Å². The van der Waals surface area contributed by atoms with Crippen molar-refractivity contribution in [2.45, 2.75) is 13.8 Å². The molecule has 100 valence electrons. The summed E-state index contributed by atoms with van der Waals surface area (Å²) in [6.07, 6.45) is 1.48. The zero-order chi connectivity index (χ0) is 14.1. The second-order valence-electron chi connectivity index (χ2n) is 4.76. The molecular formula is C16H14N2O2. The lowest BCUT2D eigenvalue weighted by Gasteiger charge is -2.09. The molecule has 0 aliphatic heterocycles. The number of rotatable bonds is 2. The van der Waals surface area contributed by atoms with Gasteiger partial charge in [0.05, 0.1) is 17.5 Å². The number of fused-ring (bicyclic) bond motifs is 1. The van der Waals surface area contributed by atoms with Crippen LogP contribution in [0.15, 0.2) is 47.1 Å². The number of anilines is 1. The van der Waals surface area contributed by atoms with Crippen molar-refractivity contribution in [2.24, 2.45) is 0 Å². The minimum atomic E-state index is -0.261. The summed E-state index contributed by atoms with van der Waals surface area (Å²) < 4.78 is 5.11. The molecule has 0 saturated heterocycles. The molecule has 0 unspecified atom stereocenters. The highest BCUT2D eigenvalue weighted by Gasteiger charge is 2.11. The summed E-state index contributed by atoms with van der Waals surface area (Å²) in [5, 5.41) is 3.81. The number of amides is 1. The van der Waals surface area contributed by atoms with E-state index in [-0.39, 0.29) is 5.91 Å². The van der Waals surface area contributed by atoms with E-state index in [4.69, 9.17) is 4.42 Å². The first-order valence-electron chi connectivity index (χ1n) is 6.36. The zero-order valence-corrected chi connectivity index (χ0v) is 11.3. The van der Waals surface area contributed by atoms with Crippen molar-refractivity contribution in [3.8, 4) is 0 Å². The summed E-state index contributed by atoms with van der Waals surface area (Å²) in [5.74, 6) is 0.0312. The van der Waals surface area contributed by atoms with Gasteiger partial charge in [0.15, 0.2) is 5.76 Å². The van der Waals surface area contributed by atoms with Crippen molar-refractivity contribution >= 4 is 22.5 Å². The van der Waals surface area contributed by atoms with Crippen LogP contribution in [0.3, 0.4) is 0 Å². The quantitative estimate of drug-likeness (QED) is 0.769. The topological polar surface area (TPSA) is 55.1 Å². The van der Waals surface area contributed by atoms with Crippen molar-refractivity contribution in [3.05, 3.63) is 59.7 Å². The highest BCUT2D eigenvalue weighted by atomic mass is 16.3. The lowest BCUT2D eigenvalue weighted by Crippen LogP contribution is -2.11. The average molecular weight is 266 g/mol. The van der Waals surface area contributed by atoms with Crippen LogP contribution in [-0.4, -0.2) is 10.9 Å². The van der Waals surface area contributed by atoms with E-state index in [1.54, 1.807) is 12.1 Å². The standard InChI is InChI=1S/C16H14N2O2/c1-10-5-6-13-12(8-10)14(9-11(2)17-13)18-16(19)15-4-3-7-20-15/h3-9H,1-2H3,(H,17,18,19). The van der Waals surface area contributed by atoms with Crippen LogP contribution in [0.5, 0.6) is 0 Å². The van der Waals surface area contributed by atoms with E-state index >= 15 is 0 Å². The summed E-state index contributed by atoms with van der Waals surface area (Å²) in [6.45, 7) is 3.92. The van der Waals surface area contributed by atoms with Crippen LogP contribution in [0.25, 0.3) is 10.9 Å². The Morgan fingerprint density at radius 3 is 2.80 bits per heavy atom. The van der Waals surface area contributed by atoms with Gasteiger partial charge >= 0.3 is 0 Å². The number of hydrogen-bond donors (Lipinski definition) is 1. The predicted molar refractivity (Wildman–Crippen MR) is 77.9 cm³/mol. The van der Waals surface area contributed by atoms with E-state index in [1.807, 2.05) is 38.1 Å².